The number of hydrogen-bond donors (Lipinski definition) is 2. The normalized spacial score (nSPS) is 19.7. The average molecular weight is 372 g/mol. The highest BCUT2D eigenvalue weighted by atomic mass is 19.1. The molecule has 3 rings (SSSR count). The van der Waals surface area contributed by atoms with Crippen LogP contribution in [0.15, 0.2) is 42.5 Å². The van der Waals surface area contributed by atoms with E-state index in [1.54, 1.807) is 30.3 Å². The molecule has 5 nitrogen and oxygen atoms in total. The van der Waals surface area contributed by atoms with Gasteiger partial charge in [-0.05, 0) is 50.1 Å². The molecule has 0 aromatic heterocycles. The number of anilines is 2. The van der Waals surface area contributed by atoms with Gasteiger partial charge in [-0.1, -0.05) is 18.2 Å². The molecule has 0 aliphatic carbocycles. The fraction of sp³-hybridized carbons (Fsp3) is 0.381. The predicted molar refractivity (Wildman–Crippen MR) is 104 cm³/mol. The molecule has 1 heterocycles. The molecule has 2 aromatic rings. The smallest absolute Gasteiger partial charge is 0.224 e. The number of halogens is 1. The minimum Gasteiger partial charge on any atom is -0.508 e. The van der Waals surface area contributed by atoms with Crippen LogP contribution in [0, 0.1) is 5.82 Å². The number of carbonyl (C=O) groups is 1. The Labute approximate surface area is 158 Å². The lowest BCUT2D eigenvalue weighted by Crippen LogP contribution is -2.45. The van der Waals surface area contributed by atoms with Crippen molar-refractivity contribution in [2.75, 3.05) is 23.3 Å². The molecule has 6 heteroatoms. The maximum Gasteiger partial charge on any atom is 0.224 e. The second kappa shape index (κ2) is 8.39. The second-order valence-electron chi connectivity index (χ2n) is 7.01. The molecule has 1 amide bonds. The zero-order valence-corrected chi connectivity index (χ0v) is 15.6. The number of aromatic hydroxyl groups is 1. The van der Waals surface area contributed by atoms with Crippen molar-refractivity contribution in [1.82, 2.24) is 0 Å². The molecule has 1 aliphatic rings. The standard InChI is InChI=1S/C21H25FN2O3/c1-14-12-24(13-15(2)27-14)19-9-8-17(11-18(19)22)23-21(26)10-7-16-5-3-4-6-20(16)25/h3-6,8-9,11,14-15,25H,7,10,12-13H2,1-2H3,(H,23,26)/t14-,15-/m1/s1. The van der Waals surface area contributed by atoms with Crippen LogP contribution in [0.5, 0.6) is 5.75 Å². The summed E-state index contributed by atoms with van der Waals surface area (Å²) < 4.78 is 20.3. The number of aryl methyl sites for hydroxylation is 1. The Balaban J connectivity index is 1.60. The van der Waals surface area contributed by atoms with Gasteiger partial charge in [0.15, 0.2) is 0 Å². The summed E-state index contributed by atoms with van der Waals surface area (Å²) in [5, 5.41) is 12.5. The molecule has 2 atom stereocenters. The van der Waals surface area contributed by atoms with E-state index < -0.39 is 0 Å². The summed E-state index contributed by atoms with van der Waals surface area (Å²) in [6, 6.07) is 11.7. The minimum atomic E-state index is -0.366. The molecule has 0 radical (unpaired) electrons. The molecular formula is C21H25FN2O3. The van der Waals surface area contributed by atoms with Gasteiger partial charge in [0.05, 0.1) is 17.9 Å². The van der Waals surface area contributed by atoms with Crippen LogP contribution >= 0.6 is 0 Å². The van der Waals surface area contributed by atoms with Crippen molar-refractivity contribution in [1.29, 1.82) is 0 Å². The number of phenolic OH excluding ortho intramolecular Hbond substituents is 1. The van der Waals surface area contributed by atoms with E-state index in [0.717, 1.165) is 0 Å². The zero-order valence-electron chi connectivity index (χ0n) is 15.6. The summed E-state index contributed by atoms with van der Waals surface area (Å²) in [7, 11) is 0. The highest BCUT2D eigenvalue weighted by molar-refractivity contribution is 5.91. The average Bonchev–Trinajstić information content (AvgIpc) is 2.60. The zero-order chi connectivity index (χ0) is 19.4. The minimum absolute atomic E-state index is 0.0435. The maximum atomic E-state index is 14.6. The molecule has 0 unspecified atom stereocenters. The first-order chi connectivity index (χ1) is 12.9. The molecule has 1 saturated heterocycles. The Hall–Kier alpha value is -2.60. The summed E-state index contributed by atoms with van der Waals surface area (Å²) in [5.41, 5.74) is 1.65. The first-order valence-electron chi connectivity index (χ1n) is 9.19. The van der Waals surface area contributed by atoms with Gasteiger partial charge in [-0.2, -0.15) is 0 Å². The first kappa shape index (κ1) is 19.2. The van der Waals surface area contributed by atoms with Gasteiger partial charge in [-0.25, -0.2) is 4.39 Å². The molecule has 1 aliphatic heterocycles. The molecule has 1 fully saturated rings. The van der Waals surface area contributed by atoms with Crippen LogP contribution in [0.2, 0.25) is 0 Å². The van der Waals surface area contributed by atoms with Crippen LogP contribution in [0.4, 0.5) is 15.8 Å². The monoisotopic (exact) mass is 372 g/mol. The molecule has 0 bridgehead atoms. The van der Waals surface area contributed by atoms with Crippen LogP contribution < -0.4 is 10.2 Å². The predicted octanol–water partition coefficient (Wildman–Crippen LogP) is 3.72. The molecule has 2 N–H and O–H groups in total. The van der Waals surface area contributed by atoms with Crippen molar-refractivity contribution < 1.29 is 19.0 Å². The number of nitrogens with one attached hydrogen (secondary N) is 1. The Morgan fingerprint density at radius 3 is 2.59 bits per heavy atom. The van der Waals surface area contributed by atoms with Crippen molar-refractivity contribution >= 4 is 17.3 Å². The molecule has 2 aromatic carbocycles. The first-order valence-corrected chi connectivity index (χ1v) is 9.19. The van der Waals surface area contributed by atoms with E-state index in [-0.39, 0.29) is 36.1 Å². The van der Waals surface area contributed by atoms with E-state index in [1.807, 2.05) is 24.8 Å². The van der Waals surface area contributed by atoms with Gasteiger partial charge in [-0.3, -0.25) is 4.79 Å². The van der Waals surface area contributed by atoms with E-state index in [0.29, 0.717) is 36.4 Å². The fourth-order valence-corrected chi connectivity index (χ4v) is 3.41. The largest absolute Gasteiger partial charge is 0.508 e. The van der Waals surface area contributed by atoms with Crippen LogP contribution in [-0.2, 0) is 16.0 Å². The Bertz CT molecular complexity index is 802. The summed E-state index contributed by atoms with van der Waals surface area (Å²) in [6.07, 6.45) is 0.714. The quantitative estimate of drug-likeness (QED) is 0.840. The lowest BCUT2D eigenvalue weighted by molar-refractivity contribution is -0.116. The van der Waals surface area contributed by atoms with Crippen LogP contribution in [0.1, 0.15) is 25.8 Å². The second-order valence-corrected chi connectivity index (χ2v) is 7.01. The number of carbonyl (C=O) groups excluding carboxylic acids is 1. The van der Waals surface area contributed by atoms with Gasteiger partial charge in [0.1, 0.15) is 11.6 Å². The van der Waals surface area contributed by atoms with Crippen molar-refractivity contribution in [2.45, 2.75) is 38.9 Å². The van der Waals surface area contributed by atoms with Crippen molar-refractivity contribution in [3.05, 3.63) is 53.8 Å². The number of morpholine rings is 1. The number of nitrogens with zero attached hydrogens (tertiary/aromatic N) is 1. The van der Waals surface area contributed by atoms with Gasteiger partial charge in [-0.15, -0.1) is 0 Å². The third-order valence-corrected chi connectivity index (χ3v) is 4.60. The van der Waals surface area contributed by atoms with Crippen LogP contribution in [0.25, 0.3) is 0 Å². The Morgan fingerprint density at radius 2 is 1.93 bits per heavy atom. The van der Waals surface area contributed by atoms with E-state index in [2.05, 4.69) is 5.32 Å². The number of hydrogen-bond acceptors (Lipinski definition) is 4. The van der Waals surface area contributed by atoms with E-state index in [1.165, 1.54) is 6.07 Å². The van der Waals surface area contributed by atoms with E-state index in [4.69, 9.17) is 4.74 Å². The molecule has 144 valence electrons. The molecule has 0 saturated carbocycles. The summed E-state index contributed by atoms with van der Waals surface area (Å²) in [4.78, 5) is 14.1. The topological polar surface area (TPSA) is 61.8 Å². The molecular weight excluding hydrogens is 347 g/mol. The summed E-state index contributed by atoms with van der Waals surface area (Å²) in [5.74, 6) is -0.413. The lowest BCUT2D eigenvalue weighted by atomic mass is 10.1. The van der Waals surface area contributed by atoms with Crippen molar-refractivity contribution in [3.63, 3.8) is 0 Å². The fourth-order valence-electron chi connectivity index (χ4n) is 3.41. The van der Waals surface area contributed by atoms with Crippen molar-refractivity contribution in [2.24, 2.45) is 0 Å². The van der Waals surface area contributed by atoms with Gasteiger partial charge < -0.3 is 20.1 Å². The van der Waals surface area contributed by atoms with Gasteiger partial charge in [0, 0.05) is 25.2 Å². The number of para-hydroxylation sites is 1. The number of amides is 1. The maximum absolute atomic E-state index is 14.6. The number of benzene rings is 2. The van der Waals surface area contributed by atoms with Gasteiger partial charge in [0.2, 0.25) is 5.91 Å². The summed E-state index contributed by atoms with van der Waals surface area (Å²) >= 11 is 0. The molecule has 27 heavy (non-hydrogen) atoms. The Morgan fingerprint density at radius 1 is 1.22 bits per heavy atom. The highest BCUT2D eigenvalue weighted by Crippen LogP contribution is 2.26. The van der Waals surface area contributed by atoms with Crippen molar-refractivity contribution in [3.8, 4) is 5.75 Å². The number of rotatable bonds is 5. The molecule has 0 spiro atoms. The highest BCUT2D eigenvalue weighted by Gasteiger charge is 2.24. The van der Waals surface area contributed by atoms with Gasteiger partial charge in [0.25, 0.3) is 0 Å². The SMILES string of the molecule is C[C@@H]1CN(c2ccc(NC(=O)CCc3ccccc3O)cc2F)C[C@@H](C)O1. The third-order valence-electron chi connectivity index (χ3n) is 4.60. The van der Waals surface area contributed by atoms with E-state index in [9.17, 15) is 14.3 Å². The Kier molecular flexibility index (Phi) is 5.96. The third kappa shape index (κ3) is 4.98. The number of ether oxygens (including phenoxy) is 1. The summed E-state index contributed by atoms with van der Waals surface area (Å²) in [6.45, 7) is 5.21. The van der Waals surface area contributed by atoms with E-state index >= 15 is 0 Å². The van der Waals surface area contributed by atoms with Gasteiger partial charge >= 0.3 is 0 Å². The lowest BCUT2D eigenvalue weighted by Gasteiger charge is -2.37. The van der Waals surface area contributed by atoms with Crippen LogP contribution in [-0.4, -0.2) is 36.3 Å². The number of phenols is 1. The van der Waals surface area contributed by atoms with Crippen LogP contribution in [0.3, 0.4) is 0 Å².